The molecule has 0 saturated carbocycles. The van der Waals surface area contributed by atoms with Crippen LogP contribution < -0.4 is 19.5 Å². The summed E-state index contributed by atoms with van der Waals surface area (Å²) in [5.41, 5.74) is 1.01. The van der Waals surface area contributed by atoms with E-state index in [2.05, 4.69) is 45.0 Å². The van der Waals surface area contributed by atoms with Crippen molar-refractivity contribution in [3.63, 3.8) is 0 Å². The molecular weight excluding hydrogens is 410 g/mol. The Morgan fingerprint density at radius 1 is 1.22 bits per heavy atom. The van der Waals surface area contributed by atoms with E-state index in [1.807, 2.05) is 0 Å². The summed E-state index contributed by atoms with van der Waals surface area (Å²) in [7, 11) is 0. The number of unbranched alkanes of at least 4 members (excludes halogenated alkanes) is 1. The maximum atomic E-state index is 12.8. The summed E-state index contributed by atoms with van der Waals surface area (Å²) in [4.78, 5) is 12.8. The SMILES string of the molecule is CCC/C=C/CCOc1ccc(C(=O)Nc2cccc3c2OC(c2nnn[nH]2)CO3)cc1. The van der Waals surface area contributed by atoms with Gasteiger partial charge in [0.1, 0.15) is 12.4 Å². The zero-order valence-corrected chi connectivity index (χ0v) is 17.8. The highest BCUT2D eigenvalue weighted by atomic mass is 16.6. The molecule has 166 valence electrons. The minimum absolute atomic E-state index is 0.261. The largest absolute Gasteiger partial charge is 0.493 e. The molecule has 32 heavy (non-hydrogen) atoms. The molecule has 0 bridgehead atoms. The number of anilines is 1. The van der Waals surface area contributed by atoms with Crippen molar-refractivity contribution in [3.8, 4) is 17.2 Å². The highest BCUT2D eigenvalue weighted by molar-refractivity contribution is 6.05. The van der Waals surface area contributed by atoms with Crippen molar-refractivity contribution in [2.45, 2.75) is 32.3 Å². The fourth-order valence-corrected chi connectivity index (χ4v) is 3.17. The number of carbonyl (C=O) groups is 1. The van der Waals surface area contributed by atoms with Crippen LogP contribution in [0.15, 0.2) is 54.6 Å². The van der Waals surface area contributed by atoms with Crippen LogP contribution in [0.2, 0.25) is 0 Å². The molecule has 1 amide bonds. The molecular formula is C23H25N5O4. The lowest BCUT2D eigenvalue weighted by Crippen LogP contribution is -2.24. The Balaban J connectivity index is 1.37. The number of nitrogens with zero attached hydrogens (tertiary/aromatic N) is 3. The molecule has 9 heteroatoms. The second-order valence-electron chi connectivity index (χ2n) is 7.21. The van der Waals surface area contributed by atoms with E-state index >= 15 is 0 Å². The Labute approximate surface area is 185 Å². The fourth-order valence-electron chi connectivity index (χ4n) is 3.17. The van der Waals surface area contributed by atoms with Crippen molar-refractivity contribution in [2.75, 3.05) is 18.5 Å². The van der Waals surface area contributed by atoms with Crippen LogP contribution in [-0.4, -0.2) is 39.7 Å². The van der Waals surface area contributed by atoms with Crippen molar-refractivity contribution in [1.29, 1.82) is 0 Å². The molecule has 9 nitrogen and oxygen atoms in total. The van der Waals surface area contributed by atoms with Gasteiger partial charge in [-0.2, -0.15) is 0 Å². The zero-order valence-electron chi connectivity index (χ0n) is 17.8. The van der Waals surface area contributed by atoms with Crippen LogP contribution >= 0.6 is 0 Å². The van der Waals surface area contributed by atoms with Crippen molar-refractivity contribution in [1.82, 2.24) is 20.6 Å². The second kappa shape index (κ2) is 10.4. The third-order valence-electron chi connectivity index (χ3n) is 4.84. The van der Waals surface area contributed by atoms with Gasteiger partial charge in [0.25, 0.3) is 5.91 Å². The number of allylic oxidation sites excluding steroid dienone is 1. The maximum absolute atomic E-state index is 12.8. The molecule has 2 aromatic carbocycles. The van der Waals surface area contributed by atoms with Crippen molar-refractivity contribution >= 4 is 11.6 Å². The summed E-state index contributed by atoms with van der Waals surface area (Å²) in [6.07, 6.45) is 6.88. The molecule has 0 saturated heterocycles. The number of carbonyl (C=O) groups excluding carboxylic acids is 1. The number of H-pyrrole nitrogens is 1. The van der Waals surface area contributed by atoms with Crippen LogP contribution in [0.5, 0.6) is 17.2 Å². The molecule has 2 N–H and O–H groups in total. The average molecular weight is 435 g/mol. The molecule has 1 aromatic heterocycles. The van der Waals surface area contributed by atoms with E-state index in [0.717, 1.165) is 25.0 Å². The fraction of sp³-hybridized carbons (Fsp3) is 0.304. The number of nitrogens with one attached hydrogen (secondary N) is 2. The Morgan fingerprint density at radius 3 is 2.84 bits per heavy atom. The van der Waals surface area contributed by atoms with Crippen LogP contribution in [0.4, 0.5) is 5.69 Å². The van der Waals surface area contributed by atoms with Gasteiger partial charge in [-0.3, -0.25) is 4.79 Å². The Kier molecular flexibility index (Phi) is 6.96. The monoisotopic (exact) mass is 435 g/mol. The maximum Gasteiger partial charge on any atom is 0.255 e. The zero-order chi connectivity index (χ0) is 22.2. The number of hydrogen-bond acceptors (Lipinski definition) is 7. The smallest absolute Gasteiger partial charge is 0.255 e. The first-order chi connectivity index (χ1) is 15.7. The summed E-state index contributed by atoms with van der Waals surface area (Å²) in [5, 5.41) is 16.6. The van der Waals surface area contributed by atoms with Crippen molar-refractivity contribution < 1.29 is 19.0 Å². The quantitative estimate of drug-likeness (QED) is 0.385. The van der Waals surface area contributed by atoms with Gasteiger partial charge < -0.3 is 19.5 Å². The Morgan fingerprint density at radius 2 is 2.06 bits per heavy atom. The third kappa shape index (κ3) is 5.23. The number of aromatic amines is 1. The third-order valence-corrected chi connectivity index (χ3v) is 4.84. The number of amides is 1. The summed E-state index contributed by atoms with van der Waals surface area (Å²) >= 11 is 0. The lowest BCUT2D eigenvalue weighted by molar-refractivity contribution is 0.0856. The first kappa shape index (κ1) is 21.4. The predicted molar refractivity (Wildman–Crippen MR) is 118 cm³/mol. The second-order valence-corrected chi connectivity index (χ2v) is 7.21. The number of tetrazole rings is 1. The Bertz CT molecular complexity index is 1050. The van der Waals surface area contributed by atoms with Gasteiger partial charge in [-0.25, -0.2) is 5.10 Å². The van der Waals surface area contributed by atoms with E-state index in [1.54, 1.807) is 42.5 Å². The number of fused-ring (bicyclic) bond motifs is 1. The van der Waals surface area contributed by atoms with E-state index in [-0.39, 0.29) is 12.5 Å². The Hall–Kier alpha value is -3.88. The van der Waals surface area contributed by atoms with E-state index in [1.165, 1.54) is 0 Å². The van der Waals surface area contributed by atoms with Crippen molar-refractivity contribution in [3.05, 3.63) is 66.0 Å². The molecule has 1 atom stereocenters. The van der Waals surface area contributed by atoms with Crippen LogP contribution in [0, 0.1) is 0 Å². The summed E-state index contributed by atoms with van der Waals surface area (Å²) in [5.74, 6) is 1.89. The van der Waals surface area contributed by atoms with Gasteiger partial charge in [0, 0.05) is 5.56 Å². The van der Waals surface area contributed by atoms with Crippen LogP contribution in [0.25, 0.3) is 0 Å². The lowest BCUT2D eigenvalue weighted by atomic mass is 10.2. The molecule has 3 aromatic rings. The van der Waals surface area contributed by atoms with Gasteiger partial charge >= 0.3 is 0 Å². The first-order valence-electron chi connectivity index (χ1n) is 10.6. The minimum Gasteiger partial charge on any atom is -0.493 e. The van der Waals surface area contributed by atoms with Gasteiger partial charge in [0.15, 0.2) is 23.4 Å². The van der Waals surface area contributed by atoms with Crippen molar-refractivity contribution in [2.24, 2.45) is 0 Å². The number of para-hydroxylation sites is 1. The van der Waals surface area contributed by atoms with Gasteiger partial charge in [-0.1, -0.05) is 31.6 Å². The van der Waals surface area contributed by atoms with Gasteiger partial charge in [0.05, 0.1) is 12.3 Å². The van der Waals surface area contributed by atoms with Crippen LogP contribution in [0.3, 0.4) is 0 Å². The molecule has 1 aliphatic heterocycles. The number of aromatic nitrogens is 4. The van der Waals surface area contributed by atoms with E-state index < -0.39 is 6.10 Å². The molecule has 0 spiro atoms. The lowest BCUT2D eigenvalue weighted by Gasteiger charge is -2.26. The summed E-state index contributed by atoms with van der Waals surface area (Å²) in [6.45, 7) is 3.01. The average Bonchev–Trinajstić information content (AvgIpc) is 3.37. The number of rotatable bonds is 9. The number of hydrogen-bond donors (Lipinski definition) is 2. The number of benzene rings is 2. The van der Waals surface area contributed by atoms with E-state index in [0.29, 0.717) is 35.2 Å². The van der Waals surface area contributed by atoms with Gasteiger partial charge in [-0.05, 0) is 59.7 Å². The van der Waals surface area contributed by atoms with E-state index in [9.17, 15) is 4.79 Å². The van der Waals surface area contributed by atoms with Crippen LogP contribution in [0.1, 0.15) is 48.5 Å². The molecule has 1 unspecified atom stereocenters. The highest BCUT2D eigenvalue weighted by Gasteiger charge is 2.28. The standard InChI is InChI=1S/C23H25N5O4/c1-2-3-4-5-6-14-30-17-12-10-16(11-13-17)23(29)24-18-8-7-9-19-21(18)32-20(15-31-19)22-25-27-28-26-22/h4-5,7-13,20H,2-3,6,14-15H2,1H3,(H,24,29)(H,25,26,27,28)/b5-4+. The number of ether oxygens (including phenoxy) is 3. The predicted octanol–water partition coefficient (Wildman–Crippen LogP) is 4.09. The first-order valence-corrected chi connectivity index (χ1v) is 10.6. The van der Waals surface area contributed by atoms with Gasteiger partial charge in [0.2, 0.25) is 0 Å². The molecule has 0 aliphatic carbocycles. The van der Waals surface area contributed by atoms with E-state index in [4.69, 9.17) is 14.2 Å². The van der Waals surface area contributed by atoms with Crippen LogP contribution in [-0.2, 0) is 0 Å². The molecule has 4 rings (SSSR count). The highest BCUT2D eigenvalue weighted by Crippen LogP contribution is 2.41. The molecule has 0 radical (unpaired) electrons. The molecule has 1 aliphatic rings. The minimum atomic E-state index is -0.496. The van der Waals surface area contributed by atoms with Gasteiger partial charge in [-0.15, -0.1) is 5.10 Å². The normalized spacial score (nSPS) is 15.0. The topological polar surface area (TPSA) is 111 Å². The molecule has 0 fully saturated rings. The molecule has 2 heterocycles. The summed E-state index contributed by atoms with van der Waals surface area (Å²) < 4.78 is 17.5. The summed E-state index contributed by atoms with van der Waals surface area (Å²) in [6, 6.07) is 12.4.